The van der Waals surface area contributed by atoms with E-state index in [1.54, 1.807) is 6.07 Å². The smallest absolute Gasteiger partial charge is 0.225 e. The molecule has 7 heteroatoms. The molecule has 0 spiro atoms. The van der Waals surface area contributed by atoms with Crippen LogP contribution in [0.5, 0.6) is 0 Å². The fourth-order valence-corrected chi connectivity index (χ4v) is 3.00. The first kappa shape index (κ1) is 16.3. The van der Waals surface area contributed by atoms with Gasteiger partial charge in [-0.15, -0.1) is 0 Å². The van der Waals surface area contributed by atoms with Crippen LogP contribution in [-0.2, 0) is 4.79 Å². The summed E-state index contributed by atoms with van der Waals surface area (Å²) in [4.78, 5) is 22.2. The molecule has 1 aliphatic heterocycles. The number of nitrogens with one attached hydrogen (secondary N) is 1. The van der Waals surface area contributed by atoms with Crippen LogP contribution >= 0.6 is 23.2 Å². The summed E-state index contributed by atoms with van der Waals surface area (Å²) < 4.78 is 0. The largest absolute Gasteiger partial charge is 0.354 e. The summed E-state index contributed by atoms with van der Waals surface area (Å²) in [5.74, 6) is 0.951. The number of nitrogens with zero attached hydrogens (tertiary/aromatic N) is 3. The molecule has 2 rings (SSSR count). The molecule has 0 aliphatic carbocycles. The van der Waals surface area contributed by atoms with E-state index in [-0.39, 0.29) is 23.2 Å². The molecule has 1 aromatic heterocycles. The van der Waals surface area contributed by atoms with Crippen LogP contribution in [0.25, 0.3) is 0 Å². The molecular weight excluding hydrogens is 311 g/mol. The lowest BCUT2D eigenvalue weighted by molar-refractivity contribution is -0.125. The zero-order valence-electron chi connectivity index (χ0n) is 12.3. The molecule has 116 valence electrons. The summed E-state index contributed by atoms with van der Waals surface area (Å²) in [5.41, 5.74) is 0. The van der Waals surface area contributed by atoms with Crippen molar-refractivity contribution in [2.24, 2.45) is 5.92 Å². The van der Waals surface area contributed by atoms with E-state index in [0.717, 1.165) is 32.4 Å². The van der Waals surface area contributed by atoms with Crippen molar-refractivity contribution in [3.05, 3.63) is 16.5 Å². The van der Waals surface area contributed by atoms with Gasteiger partial charge in [-0.1, -0.05) is 25.4 Å². The normalized spacial score (nSPS) is 18.3. The number of hydrogen-bond acceptors (Lipinski definition) is 4. The zero-order valence-corrected chi connectivity index (χ0v) is 13.8. The molecule has 2 heterocycles. The van der Waals surface area contributed by atoms with E-state index >= 15 is 0 Å². The van der Waals surface area contributed by atoms with E-state index in [2.05, 4.69) is 20.2 Å². The maximum absolute atomic E-state index is 12.1. The van der Waals surface area contributed by atoms with Gasteiger partial charge in [-0.3, -0.25) is 4.79 Å². The molecule has 1 aliphatic rings. The predicted molar refractivity (Wildman–Crippen MR) is 84.9 cm³/mol. The molecule has 5 nitrogen and oxygen atoms in total. The fourth-order valence-electron chi connectivity index (χ4n) is 2.61. The van der Waals surface area contributed by atoms with Gasteiger partial charge < -0.3 is 10.2 Å². The van der Waals surface area contributed by atoms with Crippen molar-refractivity contribution >= 4 is 34.9 Å². The number of amides is 1. The van der Waals surface area contributed by atoms with Crippen LogP contribution in [0.1, 0.15) is 33.1 Å². The highest BCUT2D eigenvalue weighted by Crippen LogP contribution is 2.22. The van der Waals surface area contributed by atoms with Crippen LogP contribution in [0, 0.1) is 5.92 Å². The van der Waals surface area contributed by atoms with Crippen LogP contribution in [0.2, 0.25) is 10.4 Å². The number of anilines is 1. The van der Waals surface area contributed by atoms with Crippen LogP contribution in [0.15, 0.2) is 6.07 Å². The number of aromatic nitrogens is 2. The SMILES string of the molecule is CCC(CC)C(=O)NC1CCN(c2cc(Cl)nc(Cl)n2)C1. The standard InChI is InChI=1S/C14H20Cl2N4O/c1-3-9(4-2)13(21)17-10-5-6-20(8-10)12-7-11(15)18-14(16)19-12/h7,9-10H,3-6,8H2,1-2H3,(H,17,21). The topological polar surface area (TPSA) is 58.1 Å². The maximum Gasteiger partial charge on any atom is 0.225 e. The van der Waals surface area contributed by atoms with E-state index in [4.69, 9.17) is 23.2 Å². The van der Waals surface area contributed by atoms with Gasteiger partial charge in [-0.05, 0) is 30.9 Å². The summed E-state index contributed by atoms with van der Waals surface area (Å²) in [7, 11) is 0. The van der Waals surface area contributed by atoms with Gasteiger partial charge in [0.05, 0.1) is 0 Å². The second kappa shape index (κ2) is 7.27. The average molecular weight is 331 g/mol. The van der Waals surface area contributed by atoms with Crippen LogP contribution in [-0.4, -0.2) is 35.0 Å². The monoisotopic (exact) mass is 330 g/mol. The van der Waals surface area contributed by atoms with E-state index < -0.39 is 0 Å². The lowest BCUT2D eigenvalue weighted by Gasteiger charge is -2.20. The number of hydrogen-bond donors (Lipinski definition) is 1. The number of halogens is 2. The lowest BCUT2D eigenvalue weighted by atomic mass is 10.0. The summed E-state index contributed by atoms with van der Waals surface area (Å²) in [5, 5.41) is 3.59. The first-order valence-electron chi connectivity index (χ1n) is 7.28. The Kier molecular flexibility index (Phi) is 5.65. The molecule has 1 aromatic rings. The number of carbonyl (C=O) groups is 1. The third-order valence-electron chi connectivity index (χ3n) is 3.87. The Morgan fingerprint density at radius 2 is 2.14 bits per heavy atom. The first-order valence-corrected chi connectivity index (χ1v) is 8.04. The molecule has 1 amide bonds. The van der Waals surface area contributed by atoms with Crippen molar-refractivity contribution in [3.63, 3.8) is 0 Å². The summed E-state index contributed by atoms with van der Waals surface area (Å²) in [6.07, 6.45) is 2.64. The second-order valence-corrected chi connectivity index (χ2v) is 6.00. The third kappa shape index (κ3) is 4.20. The summed E-state index contributed by atoms with van der Waals surface area (Å²) in [6.45, 7) is 5.62. The quantitative estimate of drug-likeness (QED) is 0.666. The van der Waals surface area contributed by atoms with E-state index in [1.165, 1.54) is 0 Å². The summed E-state index contributed by atoms with van der Waals surface area (Å²) in [6, 6.07) is 1.84. The summed E-state index contributed by atoms with van der Waals surface area (Å²) >= 11 is 11.7. The molecule has 1 unspecified atom stereocenters. The molecule has 0 saturated carbocycles. The highest BCUT2D eigenvalue weighted by Gasteiger charge is 2.27. The Morgan fingerprint density at radius 3 is 2.76 bits per heavy atom. The van der Waals surface area contributed by atoms with Gasteiger partial charge in [0.2, 0.25) is 11.2 Å². The van der Waals surface area contributed by atoms with Crippen molar-refractivity contribution in [2.75, 3.05) is 18.0 Å². The molecule has 0 radical (unpaired) electrons. The molecule has 0 aromatic carbocycles. The minimum absolute atomic E-state index is 0.0991. The van der Waals surface area contributed by atoms with E-state index in [0.29, 0.717) is 11.0 Å². The molecule has 0 bridgehead atoms. The Balaban J connectivity index is 1.96. The van der Waals surface area contributed by atoms with Gasteiger partial charge in [0, 0.05) is 31.1 Å². The van der Waals surface area contributed by atoms with Crippen LogP contribution in [0.3, 0.4) is 0 Å². The number of carbonyl (C=O) groups excluding carboxylic acids is 1. The molecule has 1 saturated heterocycles. The molecule has 21 heavy (non-hydrogen) atoms. The Labute approximate surface area is 135 Å². The second-order valence-electron chi connectivity index (χ2n) is 5.27. The van der Waals surface area contributed by atoms with Gasteiger partial charge in [-0.2, -0.15) is 0 Å². The Morgan fingerprint density at radius 1 is 1.43 bits per heavy atom. The van der Waals surface area contributed by atoms with Gasteiger partial charge in [0.1, 0.15) is 11.0 Å². The van der Waals surface area contributed by atoms with Crippen molar-refractivity contribution in [3.8, 4) is 0 Å². The highest BCUT2D eigenvalue weighted by atomic mass is 35.5. The first-order chi connectivity index (χ1) is 10.0. The predicted octanol–water partition coefficient (Wildman–Crippen LogP) is 2.91. The van der Waals surface area contributed by atoms with Crippen molar-refractivity contribution in [1.82, 2.24) is 15.3 Å². The molecule has 1 atom stereocenters. The third-order valence-corrected chi connectivity index (χ3v) is 4.23. The van der Waals surface area contributed by atoms with Gasteiger partial charge in [-0.25, -0.2) is 9.97 Å². The molecular formula is C14H20Cl2N4O. The van der Waals surface area contributed by atoms with Crippen molar-refractivity contribution < 1.29 is 4.79 Å². The highest BCUT2D eigenvalue weighted by molar-refractivity contribution is 6.32. The average Bonchev–Trinajstić information content (AvgIpc) is 2.87. The van der Waals surface area contributed by atoms with Crippen LogP contribution < -0.4 is 10.2 Å². The fraction of sp³-hybridized carbons (Fsp3) is 0.643. The van der Waals surface area contributed by atoms with Crippen LogP contribution in [0.4, 0.5) is 5.82 Å². The minimum Gasteiger partial charge on any atom is -0.354 e. The molecule has 1 N–H and O–H groups in total. The van der Waals surface area contributed by atoms with E-state index in [9.17, 15) is 4.79 Å². The van der Waals surface area contributed by atoms with Gasteiger partial charge in [0.25, 0.3) is 0 Å². The Hall–Kier alpha value is -1.07. The van der Waals surface area contributed by atoms with Gasteiger partial charge >= 0.3 is 0 Å². The van der Waals surface area contributed by atoms with E-state index in [1.807, 2.05) is 13.8 Å². The minimum atomic E-state index is 0.0991. The Bertz CT molecular complexity index is 487. The number of rotatable bonds is 5. The zero-order chi connectivity index (χ0) is 15.4. The molecule has 1 fully saturated rings. The van der Waals surface area contributed by atoms with Crippen molar-refractivity contribution in [1.29, 1.82) is 0 Å². The lowest BCUT2D eigenvalue weighted by Crippen LogP contribution is -2.40. The maximum atomic E-state index is 12.1. The van der Waals surface area contributed by atoms with Gasteiger partial charge in [0.15, 0.2) is 0 Å². The van der Waals surface area contributed by atoms with Crippen molar-refractivity contribution in [2.45, 2.75) is 39.2 Å².